The van der Waals surface area contributed by atoms with Crippen molar-refractivity contribution >= 4 is 23.6 Å². The number of nitrogens with zero attached hydrogens (tertiary/aromatic N) is 2. The number of nitrogens with one attached hydrogen (secondary N) is 1. The van der Waals surface area contributed by atoms with Gasteiger partial charge in [-0.25, -0.2) is 8.78 Å². The van der Waals surface area contributed by atoms with Crippen molar-refractivity contribution in [3.63, 3.8) is 0 Å². The summed E-state index contributed by atoms with van der Waals surface area (Å²) in [5.74, 6) is -1.31. The quantitative estimate of drug-likeness (QED) is 0.717. The highest BCUT2D eigenvalue weighted by atomic mass is 32.2. The Balaban J connectivity index is 1.52. The lowest BCUT2D eigenvalue weighted by atomic mass is 10.1. The van der Waals surface area contributed by atoms with E-state index in [1.54, 1.807) is 12.1 Å². The van der Waals surface area contributed by atoms with E-state index in [1.807, 2.05) is 0 Å². The highest BCUT2D eigenvalue weighted by Crippen LogP contribution is 2.42. The minimum Gasteiger partial charge on any atom is -0.379 e. The van der Waals surface area contributed by atoms with E-state index in [1.165, 1.54) is 47.0 Å². The maximum Gasteiger partial charge on any atom is 0.255 e. The first kappa shape index (κ1) is 22.7. The van der Waals surface area contributed by atoms with Crippen LogP contribution in [0.4, 0.5) is 8.78 Å². The maximum atomic E-state index is 13.9. The smallest absolute Gasteiger partial charge is 0.255 e. The van der Waals surface area contributed by atoms with Crippen LogP contribution in [0.15, 0.2) is 48.5 Å². The fraction of sp³-hybridized carbons (Fsp3) is 0.391. The predicted molar refractivity (Wildman–Crippen MR) is 118 cm³/mol. The van der Waals surface area contributed by atoms with Crippen molar-refractivity contribution in [3.8, 4) is 0 Å². The normalized spacial score (nSPS) is 21.5. The van der Waals surface area contributed by atoms with Crippen LogP contribution in [-0.2, 0) is 9.53 Å². The number of amides is 2. The lowest BCUT2D eigenvalue weighted by molar-refractivity contribution is -0.124. The third-order valence-corrected chi connectivity index (χ3v) is 6.90. The van der Waals surface area contributed by atoms with Crippen molar-refractivity contribution in [1.82, 2.24) is 15.1 Å². The van der Waals surface area contributed by atoms with Crippen LogP contribution in [0, 0.1) is 11.6 Å². The molecule has 0 aliphatic carbocycles. The van der Waals surface area contributed by atoms with Crippen molar-refractivity contribution in [1.29, 1.82) is 0 Å². The first-order valence-corrected chi connectivity index (χ1v) is 11.6. The molecule has 2 atom stereocenters. The minimum absolute atomic E-state index is 0.153. The van der Waals surface area contributed by atoms with E-state index in [2.05, 4.69) is 10.2 Å². The van der Waals surface area contributed by atoms with E-state index in [4.69, 9.17) is 4.74 Å². The van der Waals surface area contributed by atoms with E-state index in [0.717, 1.165) is 19.2 Å². The van der Waals surface area contributed by atoms with Gasteiger partial charge in [-0.15, -0.1) is 11.8 Å². The molecule has 0 spiro atoms. The Bertz CT molecular complexity index is 971. The molecule has 2 heterocycles. The summed E-state index contributed by atoms with van der Waals surface area (Å²) >= 11 is 1.39. The van der Waals surface area contributed by atoms with Gasteiger partial charge < -0.3 is 15.0 Å². The van der Waals surface area contributed by atoms with Crippen molar-refractivity contribution in [2.24, 2.45) is 0 Å². The monoisotopic (exact) mass is 461 g/mol. The first-order chi connectivity index (χ1) is 15.5. The summed E-state index contributed by atoms with van der Waals surface area (Å²) in [5.41, 5.74) is 0.739. The summed E-state index contributed by atoms with van der Waals surface area (Å²) in [6.45, 7) is 4.14. The molecular formula is C23H25F2N3O3S. The van der Waals surface area contributed by atoms with Gasteiger partial charge in [-0.2, -0.15) is 0 Å². The molecule has 0 radical (unpaired) electrons. The second kappa shape index (κ2) is 10.4. The van der Waals surface area contributed by atoms with E-state index in [0.29, 0.717) is 37.6 Å². The Morgan fingerprint density at radius 3 is 2.50 bits per heavy atom. The molecule has 2 aliphatic heterocycles. The number of thioether (sulfide) groups is 1. The number of hydrogen-bond acceptors (Lipinski definition) is 5. The second-order valence-electron chi connectivity index (χ2n) is 7.72. The zero-order valence-corrected chi connectivity index (χ0v) is 18.3. The van der Waals surface area contributed by atoms with Gasteiger partial charge in [0.1, 0.15) is 23.1 Å². The van der Waals surface area contributed by atoms with E-state index in [9.17, 15) is 18.4 Å². The highest BCUT2D eigenvalue weighted by Gasteiger charge is 2.42. The second-order valence-corrected chi connectivity index (χ2v) is 8.84. The summed E-state index contributed by atoms with van der Waals surface area (Å²) in [4.78, 5) is 30.0. The molecular weight excluding hydrogens is 436 g/mol. The van der Waals surface area contributed by atoms with Crippen molar-refractivity contribution in [2.45, 2.75) is 11.4 Å². The molecule has 4 rings (SSSR count). The van der Waals surface area contributed by atoms with Crippen LogP contribution in [0.2, 0.25) is 0 Å². The average Bonchev–Trinajstić information content (AvgIpc) is 3.24. The summed E-state index contributed by atoms with van der Waals surface area (Å²) in [6.07, 6.45) is 0. The molecule has 2 aromatic carbocycles. The lowest BCUT2D eigenvalue weighted by Crippen LogP contribution is -2.49. The van der Waals surface area contributed by atoms with Crippen molar-refractivity contribution in [2.75, 3.05) is 45.1 Å². The fourth-order valence-corrected chi connectivity index (χ4v) is 5.34. The average molecular weight is 462 g/mol. The third-order valence-electron chi connectivity index (χ3n) is 5.57. The number of hydrogen-bond donors (Lipinski definition) is 1. The fourth-order valence-electron chi connectivity index (χ4n) is 3.92. The van der Waals surface area contributed by atoms with Crippen LogP contribution >= 0.6 is 11.8 Å². The zero-order chi connectivity index (χ0) is 22.5. The summed E-state index contributed by atoms with van der Waals surface area (Å²) in [5, 5.41) is 2.38. The van der Waals surface area contributed by atoms with Gasteiger partial charge in [-0.1, -0.05) is 18.2 Å². The largest absolute Gasteiger partial charge is 0.379 e. The van der Waals surface area contributed by atoms with Gasteiger partial charge in [0, 0.05) is 37.5 Å². The number of halogens is 2. The maximum absolute atomic E-state index is 13.9. The Morgan fingerprint density at radius 1 is 1.06 bits per heavy atom. The standard InChI is InChI=1S/C23H25F2N3O3S/c24-18-5-1-3-16(13-18)22(30)28-20(15-32-23(28)17-4-2-6-19(25)14-17)21(29)26-7-8-27-9-11-31-12-10-27/h1-6,13-14,20,23H,7-12,15H2,(H,26,29). The van der Waals surface area contributed by atoms with Crippen molar-refractivity contribution in [3.05, 3.63) is 71.3 Å². The van der Waals surface area contributed by atoms with Crippen LogP contribution in [0.25, 0.3) is 0 Å². The molecule has 0 bridgehead atoms. The topological polar surface area (TPSA) is 61.9 Å². The summed E-state index contributed by atoms with van der Waals surface area (Å²) in [6, 6.07) is 10.6. The number of morpholine rings is 1. The first-order valence-electron chi connectivity index (χ1n) is 10.6. The lowest BCUT2D eigenvalue weighted by Gasteiger charge is -2.30. The molecule has 2 aliphatic rings. The van der Waals surface area contributed by atoms with E-state index in [-0.39, 0.29) is 11.5 Å². The summed E-state index contributed by atoms with van der Waals surface area (Å²) in [7, 11) is 0. The van der Waals surface area contributed by atoms with Gasteiger partial charge >= 0.3 is 0 Å². The van der Waals surface area contributed by atoms with E-state index >= 15 is 0 Å². The number of benzene rings is 2. The zero-order valence-electron chi connectivity index (χ0n) is 17.5. The van der Waals surface area contributed by atoms with Crippen LogP contribution in [0.1, 0.15) is 21.3 Å². The van der Waals surface area contributed by atoms with E-state index < -0.39 is 29.0 Å². The molecule has 0 aromatic heterocycles. The number of ether oxygens (including phenoxy) is 1. The molecule has 9 heteroatoms. The van der Waals surface area contributed by atoms with Crippen LogP contribution in [0.3, 0.4) is 0 Å². The van der Waals surface area contributed by atoms with Crippen molar-refractivity contribution < 1.29 is 23.1 Å². The summed E-state index contributed by atoms with van der Waals surface area (Å²) < 4.78 is 33.0. The Kier molecular flexibility index (Phi) is 7.39. The van der Waals surface area contributed by atoms with Crippen LogP contribution in [-0.4, -0.2) is 72.8 Å². The van der Waals surface area contributed by atoms with Gasteiger partial charge in [0.15, 0.2) is 0 Å². The molecule has 6 nitrogen and oxygen atoms in total. The third kappa shape index (κ3) is 5.28. The molecule has 1 N–H and O–H groups in total. The highest BCUT2D eigenvalue weighted by molar-refractivity contribution is 7.99. The Labute approximate surface area is 189 Å². The molecule has 32 heavy (non-hydrogen) atoms. The molecule has 2 fully saturated rings. The van der Waals surface area contributed by atoms with Gasteiger partial charge in [0.05, 0.1) is 13.2 Å². The molecule has 2 saturated heterocycles. The van der Waals surface area contributed by atoms with Crippen LogP contribution < -0.4 is 5.32 Å². The van der Waals surface area contributed by atoms with Gasteiger partial charge in [-0.05, 0) is 35.9 Å². The van der Waals surface area contributed by atoms with Gasteiger partial charge in [0.2, 0.25) is 5.91 Å². The predicted octanol–water partition coefficient (Wildman–Crippen LogP) is 2.67. The SMILES string of the molecule is O=C(NCCN1CCOCC1)C1CSC(c2cccc(F)c2)N1C(=O)c1cccc(F)c1. The van der Waals surface area contributed by atoms with Crippen LogP contribution in [0.5, 0.6) is 0 Å². The minimum atomic E-state index is -0.742. The molecule has 2 aromatic rings. The van der Waals surface area contributed by atoms with Gasteiger partial charge in [-0.3, -0.25) is 14.5 Å². The number of carbonyl (C=O) groups is 2. The Morgan fingerprint density at radius 2 is 1.78 bits per heavy atom. The number of carbonyl (C=O) groups excluding carboxylic acids is 2. The van der Waals surface area contributed by atoms with Gasteiger partial charge in [0.25, 0.3) is 5.91 Å². The Hall–Kier alpha value is -2.49. The molecule has 0 saturated carbocycles. The molecule has 170 valence electrons. The molecule has 2 amide bonds. The number of rotatable bonds is 6. The molecule has 2 unspecified atom stereocenters.